The fourth-order valence-electron chi connectivity index (χ4n) is 1.48. The SMILES string of the molecule is CN(C)C(=O)Nc1cc(Oc2ccc([N+](=O)[O-])cc2F)ncn1. The third-order valence-electron chi connectivity index (χ3n) is 2.62. The molecule has 0 saturated heterocycles. The van der Waals surface area contributed by atoms with Crippen LogP contribution in [0.1, 0.15) is 0 Å². The highest BCUT2D eigenvalue weighted by Gasteiger charge is 2.13. The fraction of sp³-hybridized carbons (Fsp3) is 0.154. The summed E-state index contributed by atoms with van der Waals surface area (Å²) in [4.78, 5) is 30.3. The zero-order valence-corrected chi connectivity index (χ0v) is 12.2. The number of amides is 2. The average Bonchev–Trinajstić information content (AvgIpc) is 2.49. The van der Waals surface area contributed by atoms with Crippen molar-refractivity contribution in [1.82, 2.24) is 14.9 Å². The molecule has 2 aromatic rings. The largest absolute Gasteiger partial charge is 0.436 e. The van der Waals surface area contributed by atoms with Gasteiger partial charge in [-0.1, -0.05) is 0 Å². The number of nitro benzene ring substituents is 1. The summed E-state index contributed by atoms with van der Waals surface area (Å²) in [5.41, 5.74) is -0.392. The first-order chi connectivity index (χ1) is 10.9. The van der Waals surface area contributed by atoms with E-state index in [1.165, 1.54) is 11.0 Å². The number of non-ortho nitro benzene ring substituents is 1. The van der Waals surface area contributed by atoms with E-state index in [1.54, 1.807) is 14.1 Å². The number of hydrogen-bond acceptors (Lipinski definition) is 6. The molecule has 0 radical (unpaired) electrons. The Labute approximate surface area is 129 Å². The van der Waals surface area contributed by atoms with E-state index >= 15 is 0 Å². The van der Waals surface area contributed by atoms with Crippen LogP contribution in [0.25, 0.3) is 0 Å². The van der Waals surface area contributed by atoms with Gasteiger partial charge in [-0.05, 0) is 6.07 Å². The Morgan fingerprint density at radius 2 is 2.09 bits per heavy atom. The van der Waals surface area contributed by atoms with Crippen LogP contribution in [0.4, 0.5) is 20.7 Å². The summed E-state index contributed by atoms with van der Waals surface area (Å²) < 4.78 is 19.0. The highest BCUT2D eigenvalue weighted by molar-refractivity contribution is 5.87. The molecule has 2 amide bonds. The minimum atomic E-state index is -0.906. The first-order valence-corrected chi connectivity index (χ1v) is 6.29. The van der Waals surface area contributed by atoms with Gasteiger partial charge in [-0.15, -0.1) is 0 Å². The molecular weight excluding hydrogens is 309 g/mol. The number of nitrogens with zero attached hydrogens (tertiary/aromatic N) is 4. The number of ether oxygens (including phenoxy) is 1. The van der Waals surface area contributed by atoms with Crippen molar-refractivity contribution in [1.29, 1.82) is 0 Å². The van der Waals surface area contributed by atoms with Gasteiger partial charge in [0.15, 0.2) is 11.6 Å². The maximum Gasteiger partial charge on any atom is 0.322 e. The van der Waals surface area contributed by atoms with Crippen LogP contribution in [0.3, 0.4) is 0 Å². The average molecular weight is 321 g/mol. The number of anilines is 1. The zero-order valence-electron chi connectivity index (χ0n) is 12.2. The molecule has 0 spiro atoms. The van der Waals surface area contributed by atoms with Gasteiger partial charge in [-0.3, -0.25) is 15.4 Å². The summed E-state index contributed by atoms with van der Waals surface area (Å²) in [5, 5.41) is 13.0. The number of nitro groups is 1. The highest BCUT2D eigenvalue weighted by Crippen LogP contribution is 2.27. The zero-order chi connectivity index (χ0) is 17.0. The molecule has 0 saturated carbocycles. The quantitative estimate of drug-likeness (QED) is 0.684. The van der Waals surface area contributed by atoms with Gasteiger partial charge in [0.25, 0.3) is 5.69 Å². The Kier molecular flexibility index (Phi) is 4.64. The smallest absolute Gasteiger partial charge is 0.322 e. The lowest BCUT2D eigenvalue weighted by atomic mass is 10.3. The van der Waals surface area contributed by atoms with Crippen molar-refractivity contribution in [2.24, 2.45) is 0 Å². The minimum Gasteiger partial charge on any atom is -0.436 e. The molecule has 0 unspecified atom stereocenters. The van der Waals surface area contributed by atoms with Gasteiger partial charge in [0.05, 0.1) is 11.0 Å². The van der Waals surface area contributed by atoms with Crippen molar-refractivity contribution in [2.75, 3.05) is 19.4 Å². The predicted octanol–water partition coefficient (Wildman–Crippen LogP) is 2.41. The Balaban J connectivity index is 2.17. The number of rotatable bonds is 4. The van der Waals surface area contributed by atoms with Crippen molar-refractivity contribution in [3.8, 4) is 11.6 Å². The van der Waals surface area contributed by atoms with Gasteiger partial charge < -0.3 is 9.64 Å². The second-order valence-corrected chi connectivity index (χ2v) is 4.54. The van der Waals surface area contributed by atoms with Crippen molar-refractivity contribution in [2.45, 2.75) is 0 Å². The number of nitrogens with one attached hydrogen (secondary N) is 1. The Hall–Kier alpha value is -3.30. The van der Waals surface area contributed by atoms with Crippen LogP contribution >= 0.6 is 0 Å². The van der Waals surface area contributed by atoms with E-state index < -0.39 is 22.5 Å². The molecule has 0 bridgehead atoms. The maximum atomic E-state index is 13.8. The molecule has 1 aromatic heterocycles. The molecule has 0 aliphatic rings. The van der Waals surface area contributed by atoms with Crippen LogP contribution in [0.15, 0.2) is 30.6 Å². The summed E-state index contributed by atoms with van der Waals surface area (Å²) >= 11 is 0. The van der Waals surface area contributed by atoms with E-state index in [0.717, 1.165) is 24.5 Å². The van der Waals surface area contributed by atoms with Gasteiger partial charge in [-0.2, -0.15) is 0 Å². The first-order valence-electron chi connectivity index (χ1n) is 6.29. The molecule has 120 valence electrons. The van der Waals surface area contributed by atoms with Crippen molar-refractivity contribution in [3.05, 3.63) is 46.5 Å². The van der Waals surface area contributed by atoms with E-state index in [2.05, 4.69) is 15.3 Å². The number of benzene rings is 1. The summed E-state index contributed by atoms with van der Waals surface area (Å²) in [5.74, 6) is -1.01. The molecule has 2 rings (SSSR count). The second-order valence-electron chi connectivity index (χ2n) is 4.54. The number of carbonyl (C=O) groups is 1. The van der Waals surface area contributed by atoms with Gasteiger partial charge in [0.2, 0.25) is 5.88 Å². The molecule has 0 atom stereocenters. The molecule has 10 heteroatoms. The number of urea groups is 1. The first kappa shape index (κ1) is 16.1. The molecule has 9 nitrogen and oxygen atoms in total. The standard InChI is InChI=1S/C13H12FN5O4/c1-18(2)13(20)17-11-6-12(16-7-15-11)23-10-4-3-8(19(21)22)5-9(10)14/h3-7H,1-2H3,(H,15,16,17,20). The van der Waals surface area contributed by atoms with Gasteiger partial charge in [0, 0.05) is 26.2 Å². The summed E-state index contributed by atoms with van der Waals surface area (Å²) in [6.07, 6.45) is 1.13. The number of hydrogen-bond donors (Lipinski definition) is 1. The highest BCUT2D eigenvalue weighted by atomic mass is 19.1. The van der Waals surface area contributed by atoms with E-state index in [4.69, 9.17) is 4.74 Å². The third-order valence-corrected chi connectivity index (χ3v) is 2.62. The lowest BCUT2D eigenvalue weighted by Gasteiger charge is -2.11. The summed E-state index contributed by atoms with van der Waals surface area (Å²) in [6, 6.07) is 3.85. The number of aromatic nitrogens is 2. The Morgan fingerprint density at radius 1 is 1.35 bits per heavy atom. The number of halogens is 1. The van der Waals surface area contributed by atoms with E-state index in [-0.39, 0.29) is 17.4 Å². The number of carbonyl (C=O) groups excluding carboxylic acids is 1. The fourth-order valence-corrected chi connectivity index (χ4v) is 1.48. The van der Waals surface area contributed by atoms with E-state index in [9.17, 15) is 19.3 Å². The molecule has 23 heavy (non-hydrogen) atoms. The van der Waals surface area contributed by atoms with E-state index in [0.29, 0.717) is 0 Å². The third kappa shape index (κ3) is 4.09. The molecule has 1 heterocycles. The lowest BCUT2D eigenvalue weighted by Crippen LogP contribution is -2.27. The van der Waals surface area contributed by atoms with Crippen molar-refractivity contribution < 1.29 is 18.8 Å². The van der Waals surface area contributed by atoms with Crippen LogP contribution < -0.4 is 10.1 Å². The summed E-state index contributed by atoms with van der Waals surface area (Å²) in [7, 11) is 3.11. The molecular formula is C13H12FN5O4. The van der Waals surface area contributed by atoms with Crippen molar-refractivity contribution in [3.63, 3.8) is 0 Å². The molecule has 0 aliphatic carbocycles. The molecule has 1 N–H and O–H groups in total. The van der Waals surface area contributed by atoms with Crippen LogP contribution in [-0.4, -0.2) is 39.9 Å². The Bertz CT molecular complexity index is 753. The van der Waals surface area contributed by atoms with Crippen LogP contribution in [-0.2, 0) is 0 Å². The topological polar surface area (TPSA) is 110 Å². The second kappa shape index (κ2) is 6.64. The Morgan fingerprint density at radius 3 is 2.70 bits per heavy atom. The van der Waals surface area contributed by atoms with Crippen LogP contribution in [0.5, 0.6) is 11.6 Å². The van der Waals surface area contributed by atoms with Crippen LogP contribution in [0, 0.1) is 15.9 Å². The molecule has 0 fully saturated rings. The maximum absolute atomic E-state index is 13.8. The molecule has 0 aliphatic heterocycles. The van der Waals surface area contributed by atoms with E-state index in [1.807, 2.05) is 0 Å². The van der Waals surface area contributed by atoms with Gasteiger partial charge in [0.1, 0.15) is 12.1 Å². The minimum absolute atomic E-state index is 0.0261. The lowest BCUT2D eigenvalue weighted by molar-refractivity contribution is -0.385. The molecule has 1 aromatic carbocycles. The van der Waals surface area contributed by atoms with Gasteiger partial charge >= 0.3 is 6.03 Å². The van der Waals surface area contributed by atoms with Crippen molar-refractivity contribution >= 4 is 17.5 Å². The normalized spacial score (nSPS) is 10.0. The van der Waals surface area contributed by atoms with Gasteiger partial charge in [-0.25, -0.2) is 19.2 Å². The summed E-state index contributed by atoms with van der Waals surface area (Å²) in [6.45, 7) is 0. The monoisotopic (exact) mass is 321 g/mol. The predicted molar refractivity (Wildman–Crippen MR) is 77.9 cm³/mol. The van der Waals surface area contributed by atoms with Crippen LogP contribution in [0.2, 0.25) is 0 Å².